The Balaban J connectivity index is 1.44. The molecule has 0 N–H and O–H groups in total. The molecule has 2 unspecified atom stereocenters. The predicted molar refractivity (Wildman–Crippen MR) is 111 cm³/mol. The van der Waals surface area contributed by atoms with Gasteiger partial charge in [-0.1, -0.05) is 44.6 Å². The standard InChI is InChI=1S/C24H34N2O2/c27-22-12-11-21(18-7-3-1-4-8-18)23-20-13-17(15-26(22)23)14-25(16-20)24(28)19-9-5-2-6-10-19/h11-12,17-20H,1-10,13-16H2. The van der Waals surface area contributed by atoms with Gasteiger partial charge in [0.2, 0.25) is 5.91 Å². The van der Waals surface area contributed by atoms with Gasteiger partial charge in [0.1, 0.15) is 0 Å². The molecule has 3 fully saturated rings. The molecule has 152 valence electrons. The molecule has 2 bridgehead atoms. The summed E-state index contributed by atoms with van der Waals surface area (Å²) in [5, 5.41) is 0. The van der Waals surface area contributed by atoms with E-state index in [4.69, 9.17) is 0 Å². The molecule has 0 aromatic carbocycles. The molecule has 4 heteroatoms. The second-order valence-electron chi connectivity index (χ2n) is 9.83. The van der Waals surface area contributed by atoms with Gasteiger partial charge in [-0.15, -0.1) is 0 Å². The van der Waals surface area contributed by atoms with Gasteiger partial charge < -0.3 is 9.47 Å². The Labute approximate surface area is 168 Å². The molecular weight excluding hydrogens is 348 g/mol. The molecule has 1 amide bonds. The third kappa shape index (κ3) is 3.33. The smallest absolute Gasteiger partial charge is 0.250 e. The van der Waals surface area contributed by atoms with Crippen molar-refractivity contribution in [2.45, 2.75) is 89.0 Å². The first-order valence-corrected chi connectivity index (χ1v) is 11.7. The predicted octanol–water partition coefficient (Wildman–Crippen LogP) is 4.42. The van der Waals surface area contributed by atoms with Gasteiger partial charge in [0, 0.05) is 43.2 Å². The summed E-state index contributed by atoms with van der Waals surface area (Å²) in [7, 11) is 0. The van der Waals surface area contributed by atoms with Crippen LogP contribution in [0.4, 0.5) is 0 Å². The zero-order valence-electron chi connectivity index (χ0n) is 17.1. The average molecular weight is 383 g/mol. The highest BCUT2D eigenvalue weighted by atomic mass is 16.2. The second kappa shape index (κ2) is 7.68. The van der Waals surface area contributed by atoms with Crippen molar-refractivity contribution in [1.29, 1.82) is 0 Å². The highest BCUT2D eigenvalue weighted by Crippen LogP contribution is 2.42. The van der Waals surface area contributed by atoms with Gasteiger partial charge in [-0.2, -0.15) is 0 Å². The van der Waals surface area contributed by atoms with Crippen molar-refractivity contribution in [2.24, 2.45) is 11.8 Å². The summed E-state index contributed by atoms with van der Waals surface area (Å²) in [6, 6.07) is 3.94. The SMILES string of the molecule is O=C(C1CCCCC1)N1CC2CC(C1)c1c(C3CCCCC3)ccc(=O)n1C2. The van der Waals surface area contributed by atoms with E-state index in [1.165, 1.54) is 62.6 Å². The van der Waals surface area contributed by atoms with E-state index in [-0.39, 0.29) is 11.5 Å². The maximum absolute atomic E-state index is 13.2. The molecule has 4 aliphatic rings. The van der Waals surface area contributed by atoms with Crippen LogP contribution in [0.1, 0.15) is 93.7 Å². The molecule has 2 aliphatic heterocycles. The lowest BCUT2D eigenvalue weighted by atomic mass is 9.76. The van der Waals surface area contributed by atoms with Gasteiger partial charge in [-0.3, -0.25) is 9.59 Å². The van der Waals surface area contributed by atoms with Crippen molar-refractivity contribution in [3.05, 3.63) is 33.7 Å². The number of fused-ring (bicyclic) bond motifs is 4. The molecule has 2 atom stereocenters. The minimum absolute atomic E-state index is 0.163. The summed E-state index contributed by atoms with van der Waals surface area (Å²) in [4.78, 5) is 28.1. The van der Waals surface area contributed by atoms with Crippen LogP contribution >= 0.6 is 0 Å². The average Bonchev–Trinajstić information content (AvgIpc) is 2.75. The van der Waals surface area contributed by atoms with Crippen LogP contribution in [0.15, 0.2) is 16.9 Å². The van der Waals surface area contributed by atoms with Crippen molar-refractivity contribution in [2.75, 3.05) is 13.1 Å². The first kappa shape index (κ1) is 18.4. The first-order chi connectivity index (χ1) is 13.7. The van der Waals surface area contributed by atoms with Crippen LogP contribution in [-0.2, 0) is 11.3 Å². The molecule has 1 aromatic heterocycles. The van der Waals surface area contributed by atoms with Crippen LogP contribution in [0.25, 0.3) is 0 Å². The van der Waals surface area contributed by atoms with Crippen LogP contribution in [0.5, 0.6) is 0 Å². The van der Waals surface area contributed by atoms with Gasteiger partial charge >= 0.3 is 0 Å². The summed E-state index contributed by atoms with van der Waals surface area (Å²) in [6.07, 6.45) is 13.5. The van der Waals surface area contributed by atoms with Crippen molar-refractivity contribution in [1.82, 2.24) is 9.47 Å². The minimum atomic E-state index is 0.163. The van der Waals surface area contributed by atoms with Gasteiger partial charge in [0.25, 0.3) is 5.56 Å². The van der Waals surface area contributed by atoms with Crippen LogP contribution in [0.3, 0.4) is 0 Å². The molecule has 4 nitrogen and oxygen atoms in total. The van der Waals surface area contributed by atoms with Gasteiger partial charge in [-0.05, 0) is 49.5 Å². The van der Waals surface area contributed by atoms with Crippen LogP contribution in [0, 0.1) is 11.8 Å². The number of hydrogen-bond donors (Lipinski definition) is 0. The highest BCUT2D eigenvalue weighted by Gasteiger charge is 2.40. The molecule has 1 saturated heterocycles. The van der Waals surface area contributed by atoms with Crippen LogP contribution in [0.2, 0.25) is 0 Å². The third-order valence-electron chi connectivity index (χ3n) is 7.93. The van der Waals surface area contributed by atoms with Gasteiger partial charge in [0.15, 0.2) is 0 Å². The number of piperidine rings is 1. The fraction of sp³-hybridized carbons (Fsp3) is 0.750. The number of rotatable bonds is 2. The number of likely N-dealkylation sites (tertiary alicyclic amines) is 1. The number of aromatic nitrogens is 1. The van der Waals surface area contributed by atoms with Crippen LogP contribution in [-0.4, -0.2) is 28.5 Å². The number of carbonyl (C=O) groups is 1. The number of carbonyl (C=O) groups excluding carboxylic acids is 1. The lowest BCUT2D eigenvalue weighted by Crippen LogP contribution is -2.51. The molecule has 1 aromatic rings. The number of nitrogens with zero attached hydrogens (tertiary/aromatic N) is 2. The summed E-state index contributed by atoms with van der Waals surface area (Å²) in [6.45, 7) is 2.49. The van der Waals surface area contributed by atoms with E-state index in [1.54, 1.807) is 6.07 Å². The number of hydrogen-bond acceptors (Lipinski definition) is 2. The molecule has 0 radical (unpaired) electrons. The van der Waals surface area contributed by atoms with Crippen molar-refractivity contribution in [3.63, 3.8) is 0 Å². The fourth-order valence-electron chi connectivity index (χ4n) is 6.59. The Morgan fingerprint density at radius 3 is 2.29 bits per heavy atom. The first-order valence-electron chi connectivity index (χ1n) is 11.7. The Hall–Kier alpha value is -1.58. The Morgan fingerprint density at radius 2 is 1.54 bits per heavy atom. The Morgan fingerprint density at radius 1 is 0.821 bits per heavy atom. The van der Waals surface area contributed by atoms with E-state index in [0.717, 1.165) is 38.9 Å². The molecule has 28 heavy (non-hydrogen) atoms. The molecule has 5 rings (SSSR count). The third-order valence-corrected chi connectivity index (χ3v) is 7.93. The van der Waals surface area contributed by atoms with E-state index in [9.17, 15) is 9.59 Å². The quantitative estimate of drug-likeness (QED) is 0.760. The maximum Gasteiger partial charge on any atom is 0.250 e. The highest BCUT2D eigenvalue weighted by molar-refractivity contribution is 5.79. The van der Waals surface area contributed by atoms with E-state index in [2.05, 4.69) is 15.5 Å². The van der Waals surface area contributed by atoms with Gasteiger partial charge in [-0.25, -0.2) is 0 Å². The van der Waals surface area contributed by atoms with Crippen LogP contribution < -0.4 is 5.56 Å². The van der Waals surface area contributed by atoms with E-state index in [1.807, 2.05) is 0 Å². The summed E-state index contributed by atoms with van der Waals surface area (Å²) < 4.78 is 2.09. The molecule has 2 saturated carbocycles. The van der Waals surface area contributed by atoms with Crippen molar-refractivity contribution in [3.8, 4) is 0 Å². The monoisotopic (exact) mass is 382 g/mol. The molecule has 2 aliphatic carbocycles. The number of amides is 1. The van der Waals surface area contributed by atoms with Crippen molar-refractivity contribution < 1.29 is 4.79 Å². The Kier molecular flexibility index (Phi) is 5.06. The summed E-state index contributed by atoms with van der Waals surface area (Å²) in [5.41, 5.74) is 2.88. The topological polar surface area (TPSA) is 42.3 Å². The largest absolute Gasteiger partial charge is 0.341 e. The molecule has 0 spiro atoms. The summed E-state index contributed by atoms with van der Waals surface area (Å²) in [5.74, 6) is 2.06. The molecular formula is C24H34N2O2. The van der Waals surface area contributed by atoms with E-state index >= 15 is 0 Å². The summed E-state index contributed by atoms with van der Waals surface area (Å²) >= 11 is 0. The lowest BCUT2D eigenvalue weighted by molar-refractivity contribution is -0.139. The van der Waals surface area contributed by atoms with Crippen molar-refractivity contribution >= 4 is 5.91 Å². The molecule has 3 heterocycles. The minimum Gasteiger partial charge on any atom is -0.341 e. The number of pyridine rings is 1. The maximum atomic E-state index is 13.2. The zero-order valence-corrected chi connectivity index (χ0v) is 17.1. The van der Waals surface area contributed by atoms with E-state index < -0.39 is 0 Å². The zero-order chi connectivity index (χ0) is 19.1. The lowest BCUT2D eigenvalue weighted by Gasteiger charge is -2.45. The normalized spacial score (nSPS) is 28.8. The Bertz CT molecular complexity index is 786. The van der Waals surface area contributed by atoms with Gasteiger partial charge in [0.05, 0.1) is 0 Å². The fourth-order valence-corrected chi connectivity index (χ4v) is 6.59. The van der Waals surface area contributed by atoms with E-state index in [0.29, 0.717) is 23.7 Å². The second-order valence-corrected chi connectivity index (χ2v) is 9.83.